The molecule has 0 saturated heterocycles. The second kappa shape index (κ2) is 5.57. The lowest BCUT2D eigenvalue weighted by Crippen LogP contribution is -2.24. The van der Waals surface area contributed by atoms with Crippen molar-refractivity contribution < 1.29 is 9.53 Å². The Bertz CT molecular complexity index is 905. The zero-order valence-electron chi connectivity index (χ0n) is 14.1. The van der Waals surface area contributed by atoms with Gasteiger partial charge in [-0.25, -0.2) is 0 Å². The van der Waals surface area contributed by atoms with Crippen molar-refractivity contribution in [3.63, 3.8) is 0 Å². The van der Waals surface area contributed by atoms with Crippen molar-refractivity contribution in [2.75, 3.05) is 7.11 Å². The van der Waals surface area contributed by atoms with Gasteiger partial charge in [0.2, 0.25) is 0 Å². The van der Waals surface area contributed by atoms with Gasteiger partial charge >= 0.3 is 5.97 Å². The zero-order valence-corrected chi connectivity index (χ0v) is 14.8. The van der Waals surface area contributed by atoms with E-state index >= 15 is 0 Å². The van der Waals surface area contributed by atoms with E-state index in [0.717, 1.165) is 16.8 Å². The van der Waals surface area contributed by atoms with E-state index in [4.69, 9.17) is 16.3 Å². The Morgan fingerprint density at radius 2 is 1.80 bits per heavy atom. The van der Waals surface area contributed by atoms with Gasteiger partial charge in [0.05, 0.1) is 18.2 Å². The molecule has 1 fully saturated rings. The fraction of sp³-hybridized carbons (Fsp3) is 0.238. The van der Waals surface area contributed by atoms with Crippen LogP contribution in [0.5, 0.6) is 0 Å². The Hall–Kier alpha value is -2.39. The van der Waals surface area contributed by atoms with Gasteiger partial charge in [0.15, 0.2) is 0 Å². The molecule has 1 heterocycles. The molecule has 0 radical (unpaired) electrons. The minimum atomic E-state index is -0.742. The predicted octanol–water partition coefficient (Wildman–Crippen LogP) is 4.40. The van der Waals surface area contributed by atoms with Crippen LogP contribution >= 0.6 is 11.6 Å². The molecule has 0 spiro atoms. The zero-order chi connectivity index (χ0) is 17.7. The predicted molar refractivity (Wildman–Crippen MR) is 98.9 cm³/mol. The molecule has 0 unspecified atom stereocenters. The van der Waals surface area contributed by atoms with Crippen molar-refractivity contribution in [3.8, 4) is 0 Å². The summed E-state index contributed by atoms with van der Waals surface area (Å²) in [6.07, 6.45) is 3.79. The molecule has 0 aromatic heterocycles. The maximum Gasteiger partial charge on any atom is 0.313 e. The van der Waals surface area contributed by atoms with Gasteiger partial charge in [-0.3, -0.25) is 9.79 Å². The average Bonchev–Trinajstić information content (AvgIpc) is 3.23. The highest BCUT2D eigenvalue weighted by atomic mass is 35.5. The first kappa shape index (κ1) is 16.1. The number of nitrogens with zero attached hydrogens (tertiary/aromatic N) is 1. The van der Waals surface area contributed by atoms with Crippen LogP contribution in [0.25, 0.3) is 0 Å². The number of fused-ring (bicyclic) bond motifs is 1. The largest absolute Gasteiger partial charge is 0.469 e. The van der Waals surface area contributed by atoms with Gasteiger partial charge in [-0.05, 0) is 24.1 Å². The third kappa shape index (κ3) is 1.99. The minimum Gasteiger partial charge on any atom is -0.469 e. The average molecular weight is 352 g/mol. The molecule has 3 atom stereocenters. The summed E-state index contributed by atoms with van der Waals surface area (Å²) >= 11 is 6.52. The summed E-state index contributed by atoms with van der Waals surface area (Å²) in [5.74, 6) is -0.354. The van der Waals surface area contributed by atoms with Gasteiger partial charge in [-0.2, -0.15) is 0 Å². The van der Waals surface area contributed by atoms with Gasteiger partial charge in [-0.15, -0.1) is 0 Å². The van der Waals surface area contributed by atoms with E-state index in [1.165, 1.54) is 7.11 Å². The number of hydrogen-bond donors (Lipinski definition) is 0. The van der Waals surface area contributed by atoms with Crippen LogP contribution in [-0.2, 0) is 14.9 Å². The third-order valence-electron chi connectivity index (χ3n) is 5.63. The maximum atomic E-state index is 12.8. The van der Waals surface area contributed by atoms with Crippen LogP contribution in [0.1, 0.15) is 18.1 Å². The molecule has 1 aliphatic heterocycles. The summed E-state index contributed by atoms with van der Waals surface area (Å²) < 4.78 is 5.17. The van der Waals surface area contributed by atoms with Gasteiger partial charge in [0, 0.05) is 22.6 Å². The van der Waals surface area contributed by atoms with E-state index in [1.54, 1.807) is 6.20 Å². The van der Waals surface area contributed by atoms with Crippen molar-refractivity contribution in [2.24, 2.45) is 16.3 Å². The highest BCUT2D eigenvalue weighted by Crippen LogP contribution is 2.73. The van der Waals surface area contributed by atoms with E-state index in [-0.39, 0.29) is 11.9 Å². The Labute approximate surface area is 152 Å². The molecule has 25 heavy (non-hydrogen) atoms. The standard InChI is InChI=1S/C21H18ClNO2/c1-20(19(24)25-2)18-17(14-8-4-3-5-9-14)23-13-12-21(18,20)15-10-6-7-11-16(15)22/h3-13,18H,1-2H3/t18-,20+,21+/m0/s1. The fourth-order valence-electron chi connectivity index (χ4n) is 4.39. The number of hydrogen-bond acceptors (Lipinski definition) is 3. The Balaban J connectivity index is 1.92. The molecule has 2 aromatic carbocycles. The number of esters is 1. The quantitative estimate of drug-likeness (QED) is 0.768. The van der Waals surface area contributed by atoms with E-state index in [1.807, 2.05) is 67.6 Å². The van der Waals surface area contributed by atoms with E-state index in [0.29, 0.717) is 5.02 Å². The summed E-state index contributed by atoms with van der Waals surface area (Å²) in [4.78, 5) is 17.4. The molecule has 4 rings (SSSR count). The number of carbonyl (C=O) groups excluding carboxylic acids is 1. The number of aliphatic imine (C=N–C) groups is 1. The van der Waals surface area contributed by atoms with Crippen LogP contribution in [-0.4, -0.2) is 18.8 Å². The molecule has 1 saturated carbocycles. The smallest absolute Gasteiger partial charge is 0.313 e. The van der Waals surface area contributed by atoms with Gasteiger partial charge in [0.25, 0.3) is 0 Å². The molecular formula is C21H18ClNO2. The topological polar surface area (TPSA) is 38.7 Å². The van der Waals surface area contributed by atoms with Crippen LogP contribution < -0.4 is 0 Å². The molecule has 1 aliphatic carbocycles. The second-order valence-electron chi connectivity index (χ2n) is 6.67. The summed E-state index contributed by atoms with van der Waals surface area (Å²) in [6.45, 7) is 1.95. The number of benzene rings is 2. The minimum absolute atomic E-state index is 0.111. The summed E-state index contributed by atoms with van der Waals surface area (Å²) in [5.41, 5.74) is 1.57. The van der Waals surface area contributed by atoms with Crippen molar-refractivity contribution in [1.82, 2.24) is 0 Å². The monoisotopic (exact) mass is 351 g/mol. The second-order valence-corrected chi connectivity index (χ2v) is 7.08. The lowest BCUT2D eigenvalue weighted by Gasteiger charge is -2.20. The molecule has 0 bridgehead atoms. The molecular weight excluding hydrogens is 334 g/mol. The van der Waals surface area contributed by atoms with E-state index in [2.05, 4.69) is 4.99 Å². The van der Waals surface area contributed by atoms with Crippen LogP contribution in [0.2, 0.25) is 5.02 Å². The fourth-order valence-corrected chi connectivity index (χ4v) is 4.68. The van der Waals surface area contributed by atoms with Crippen molar-refractivity contribution in [3.05, 3.63) is 83.0 Å². The van der Waals surface area contributed by atoms with Crippen LogP contribution in [0.4, 0.5) is 0 Å². The van der Waals surface area contributed by atoms with Crippen LogP contribution in [0.15, 0.2) is 71.9 Å². The first-order valence-corrected chi connectivity index (χ1v) is 8.59. The molecule has 3 nitrogen and oxygen atoms in total. The van der Waals surface area contributed by atoms with Crippen molar-refractivity contribution in [1.29, 1.82) is 0 Å². The Morgan fingerprint density at radius 3 is 2.48 bits per heavy atom. The SMILES string of the molecule is COC(=O)[C@@]1(C)[C@@H]2C(c3ccccc3)=NC=C[C@@]21c1ccccc1Cl. The van der Waals surface area contributed by atoms with E-state index in [9.17, 15) is 4.79 Å². The van der Waals surface area contributed by atoms with E-state index < -0.39 is 10.8 Å². The van der Waals surface area contributed by atoms with Crippen LogP contribution in [0, 0.1) is 11.3 Å². The molecule has 4 heteroatoms. The Morgan fingerprint density at radius 1 is 1.12 bits per heavy atom. The van der Waals surface area contributed by atoms with Crippen molar-refractivity contribution >= 4 is 23.3 Å². The molecule has 126 valence electrons. The molecule has 2 aliphatic rings. The lowest BCUT2D eigenvalue weighted by molar-refractivity contribution is -0.147. The number of rotatable bonds is 3. The highest BCUT2D eigenvalue weighted by Gasteiger charge is 2.80. The normalized spacial score (nSPS) is 29.6. The number of methoxy groups -OCH3 is 1. The highest BCUT2D eigenvalue weighted by molar-refractivity contribution is 6.32. The van der Waals surface area contributed by atoms with Gasteiger partial charge < -0.3 is 4.74 Å². The summed E-state index contributed by atoms with van der Waals surface area (Å²) in [7, 11) is 1.43. The number of carbonyl (C=O) groups is 1. The first-order valence-electron chi connectivity index (χ1n) is 8.21. The number of halogens is 1. The number of allylic oxidation sites excluding steroid dienone is 1. The van der Waals surface area contributed by atoms with Gasteiger partial charge in [0.1, 0.15) is 0 Å². The van der Waals surface area contributed by atoms with Crippen LogP contribution in [0.3, 0.4) is 0 Å². The molecule has 2 aromatic rings. The first-order chi connectivity index (χ1) is 12.1. The maximum absolute atomic E-state index is 12.8. The number of ether oxygens (including phenoxy) is 1. The molecule has 0 N–H and O–H groups in total. The third-order valence-corrected chi connectivity index (χ3v) is 5.96. The Kier molecular flexibility index (Phi) is 3.58. The summed E-state index contributed by atoms with van der Waals surface area (Å²) in [5, 5.41) is 0.652. The lowest BCUT2D eigenvalue weighted by atomic mass is 9.85. The van der Waals surface area contributed by atoms with Gasteiger partial charge in [-0.1, -0.05) is 66.2 Å². The molecule has 0 amide bonds. The summed E-state index contributed by atoms with van der Waals surface area (Å²) in [6, 6.07) is 17.7. The van der Waals surface area contributed by atoms with Crippen molar-refractivity contribution in [2.45, 2.75) is 12.3 Å².